The fraction of sp³-hybridized carbons (Fsp3) is 0.600. The van der Waals surface area contributed by atoms with Crippen molar-refractivity contribution in [2.75, 3.05) is 38.2 Å². The summed E-state index contributed by atoms with van der Waals surface area (Å²) in [6.07, 6.45) is 5.89. The Labute approximate surface area is 228 Å². The predicted molar refractivity (Wildman–Crippen MR) is 144 cm³/mol. The molecular formula is C30H39F2N3O4. The van der Waals surface area contributed by atoms with E-state index in [1.807, 2.05) is 4.90 Å². The molecule has 2 aromatic rings. The van der Waals surface area contributed by atoms with E-state index >= 15 is 0 Å². The molecule has 0 saturated carbocycles. The van der Waals surface area contributed by atoms with Crippen molar-refractivity contribution in [1.82, 2.24) is 9.88 Å². The van der Waals surface area contributed by atoms with Gasteiger partial charge in [-0.2, -0.15) is 0 Å². The summed E-state index contributed by atoms with van der Waals surface area (Å²) in [5.74, 6) is -0.519. The normalized spacial score (nSPS) is 26.1. The molecule has 2 unspecified atom stereocenters. The number of hydrogen-bond donors (Lipinski definition) is 2. The van der Waals surface area contributed by atoms with Gasteiger partial charge in [-0.1, -0.05) is 12.1 Å². The first-order valence-corrected chi connectivity index (χ1v) is 14.2. The van der Waals surface area contributed by atoms with Gasteiger partial charge in [-0.3, -0.25) is 9.69 Å². The summed E-state index contributed by atoms with van der Waals surface area (Å²) < 4.78 is 40.5. The largest absolute Gasteiger partial charge is 0.480 e. The standard InChI is InChI=1S/C30H39F2N3O4/c1-30(32)13-11-26(39-19-30)24-10-8-21(31)17-25(24)27(29(36)37)35-15-12-23(18-35)38-16-3-2-6-22-9-7-20-5-4-14-33-28(20)34-22/h7-10,17,23,26-27H,2-6,11-16,18-19H2,1H3,(H,33,34)(H,36,37)/t23-,26?,27-,30?/m1/s1. The first-order chi connectivity index (χ1) is 18.8. The molecule has 0 spiro atoms. The first-order valence-electron chi connectivity index (χ1n) is 14.2. The molecule has 2 saturated heterocycles. The Kier molecular flexibility index (Phi) is 8.79. The summed E-state index contributed by atoms with van der Waals surface area (Å²) >= 11 is 0. The molecule has 9 heteroatoms. The molecule has 5 rings (SSSR count). The molecular weight excluding hydrogens is 504 g/mol. The molecule has 2 fully saturated rings. The second-order valence-electron chi connectivity index (χ2n) is 11.3. The van der Waals surface area contributed by atoms with Crippen LogP contribution in [0.15, 0.2) is 30.3 Å². The molecule has 3 aliphatic heterocycles. The van der Waals surface area contributed by atoms with E-state index in [2.05, 4.69) is 17.4 Å². The summed E-state index contributed by atoms with van der Waals surface area (Å²) in [4.78, 5) is 19.0. The van der Waals surface area contributed by atoms with Crippen LogP contribution in [0.3, 0.4) is 0 Å². The molecule has 0 aliphatic carbocycles. The number of ether oxygens (including phenoxy) is 2. The highest BCUT2D eigenvalue weighted by molar-refractivity contribution is 5.76. The lowest BCUT2D eigenvalue weighted by Gasteiger charge is -2.34. The van der Waals surface area contributed by atoms with E-state index in [1.165, 1.54) is 24.6 Å². The lowest BCUT2D eigenvalue weighted by atomic mass is 9.89. The van der Waals surface area contributed by atoms with E-state index in [1.54, 1.807) is 6.07 Å². The van der Waals surface area contributed by atoms with Crippen molar-refractivity contribution in [2.24, 2.45) is 0 Å². The minimum absolute atomic E-state index is 0.0642. The van der Waals surface area contributed by atoms with Crippen molar-refractivity contribution >= 4 is 11.8 Å². The summed E-state index contributed by atoms with van der Waals surface area (Å²) in [6.45, 7) is 4.01. The molecule has 0 radical (unpaired) electrons. The van der Waals surface area contributed by atoms with Crippen LogP contribution in [0.2, 0.25) is 0 Å². The number of carboxylic acid groups (broad SMARTS) is 1. The summed E-state index contributed by atoms with van der Waals surface area (Å²) in [5, 5.41) is 13.6. The molecule has 3 aliphatic rings. The number of halogens is 2. The number of aryl methyl sites for hydroxylation is 2. The molecule has 212 valence electrons. The molecule has 2 N–H and O–H groups in total. The third-order valence-corrected chi connectivity index (χ3v) is 8.11. The van der Waals surface area contributed by atoms with E-state index < -0.39 is 29.6 Å². The quantitative estimate of drug-likeness (QED) is 0.389. The first kappa shape index (κ1) is 27.9. The van der Waals surface area contributed by atoms with E-state index in [-0.39, 0.29) is 12.7 Å². The number of carboxylic acids is 1. The lowest BCUT2D eigenvalue weighted by molar-refractivity contribution is -0.143. The Morgan fingerprint density at radius 3 is 2.97 bits per heavy atom. The van der Waals surface area contributed by atoms with Gasteiger partial charge in [-0.05, 0) is 93.2 Å². The van der Waals surface area contributed by atoms with Crippen molar-refractivity contribution in [3.8, 4) is 0 Å². The Balaban J connectivity index is 1.14. The van der Waals surface area contributed by atoms with Crippen LogP contribution in [0.1, 0.15) is 80.0 Å². The molecule has 1 aromatic carbocycles. The lowest BCUT2D eigenvalue weighted by Crippen LogP contribution is -2.36. The zero-order valence-corrected chi connectivity index (χ0v) is 22.6. The number of anilines is 1. The van der Waals surface area contributed by atoms with Gasteiger partial charge in [-0.25, -0.2) is 13.8 Å². The van der Waals surface area contributed by atoms with Crippen LogP contribution in [0.4, 0.5) is 14.6 Å². The Morgan fingerprint density at radius 1 is 1.31 bits per heavy atom. The van der Waals surface area contributed by atoms with Gasteiger partial charge < -0.3 is 19.9 Å². The molecule has 4 heterocycles. The van der Waals surface area contributed by atoms with Crippen molar-refractivity contribution in [2.45, 2.75) is 82.2 Å². The molecule has 0 amide bonds. The second-order valence-corrected chi connectivity index (χ2v) is 11.3. The number of aliphatic carboxylic acids is 1. The highest BCUT2D eigenvalue weighted by atomic mass is 19.1. The van der Waals surface area contributed by atoms with Gasteiger partial charge in [0.25, 0.3) is 0 Å². The van der Waals surface area contributed by atoms with E-state index in [9.17, 15) is 18.7 Å². The number of nitrogens with one attached hydrogen (secondary N) is 1. The average Bonchev–Trinajstić information content (AvgIpc) is 3.37. The van der Waals surface area contributed by atoms with Crippen LogP contribution < -0.4 is 5.32 Å². The molecule has 1 aromatic heterocycles. The van der Waals surface area contributed by atoms with Crippen LogP contribution in [0, 0.1) is 5.82 Å². The van der Waals surface area contributed by atoms with Crippen LogP contribution in [0.25, 0.3) is 0 Å². The van der Waals surface area contributed by atoms with Gasteiger partial charge in [0.05, 0.1) is 18.8 Å². The number of likely N-dealkylation sites (tertiary alicyclic amines) is 1. The zero-order valence-electron chi connectivity index (χ0n) is 22.6. The maximum absolute atomic E-state index is 14.3. The Hall–Kier alpha value is -2.62. The van der Waals surface area contributed by atoms with Gasteiger partial charge >= 0.3 is 5.97 Å². The minimum atomic E-state index is -1.41. The fourth-order valence-electron chi connectivity index (χ4n) is 5.96. The molecule has 4 atom stereocenters. The third-order valence-electron chi connectivity index (χ3n) is 8.11. The number of pyridine rings is 1. The van der Waals surface area contributed by atoms with Crippen molar-refractivity contribution in [3.63, 3.8) is 0 Å². The molecule has 0 bridgehead atoms. The van der Waals surface area contributed by atoms with Crippen molar-refractivity contribution in [1.29, 1.82) is 0 Å². The van der Waals surface area contributed by atoms with Gasteiger partial charge in [-0.15, -0.1) is 0 Å². The highest BCUT2D eigenvalue weighted by Crippen LogP contribution is 2.39. The molecule has 7 nitrogen and oxygen atoms in total. The number of alkyl halides is 1. The van der Waals surface area contributed by atoms with Gasteiger partial charge in [0.15, 0.2) is 0 Å². The van der Waals surface area contributed by atoms with Crippen LogP contribution in [0.5, 0.6) is 0 Å². The number of unbranched alkanes of at least 4 members (excludes halogenated alkanes) is 1. The maximum Gasteiger partial charge on any atom is 0.325 e. The predicted octanol–water partition coefficient (Wildman–Crippen LogP) is 5.40. The number of rotatable bonds is 10. The number of nitrogens with zero attached hydrogens (tertiary/aromatic N) is 2. The summed E-state index contributed by atoms with van der Waals surface area (Å²) in [7, 11) is 0. The minimum Gasteiger partial charge on any atom is -0.480 e. The SMILES string of the molecule is CC1(F)CCC(c2ccc(F)cc2[C@H](C(=O)O)N2CC[C@@H](OCCCCc3ccc4c(n3)NCCC4)C2)OC1. The number of hydrogen-bond acceptors (Lipinski definition) is 6. The smallest absolute Gasteiger partial charge is 0.325 e. The van der Waals surface area contributed by atoms with Crippen molar-refractivity contribution < 1.29 is 28.2 Å². The van der Waals surface area contributed by atoms with E-state index in [0.29, 0.717) is 50.1 Å². The number of aromatic nitrogens is 1. The van der Waals surface area contributed by atoms with E-state index in [4.69, 9.17) is 14.5 Å². The maximum atomic E-state index is 14.3. The van der Waals surface area contributed by atoms with Gasteiger partial charge in [0.1, 0.15) is 23.3 Å². The Morgan fingerprint density at radius 2 is 2.18 bits per heavy atom. The second kappa shape index (κ2) is 12.3. The van der Waals surface area contributed by atoms with Crippen LogP contribution >= 0.6 is 0 Å². The fourth-order valence-corrected chi connectivity index (χ4v) is 5.96. The number of fused-ring (bicyclic) bond motifs is 1. The highest BCUT2D eigenvalue weighted by Gasteiger charge is 2.38. The monoisotopic (exact) mass is 543 g/mol. The topological polar surface area (TPSA) is 83.9 Å². The third kappa shape index (κ3) is 6.94. The van der Waals surface area contributed by atoms with Gasteiger partial charge in [0, 0.05) is 31.9 Å². The Bertz CT molecular complexity index is 1150. The number of carbonyl (C=O) groups is 1. The van der Waals surface area contributed by atoms with Gasteiger partial charge in [0.2, 0.25) is 0 Å². The van der Waals surface area contributed by atoms with E-state index in [0.717, 1.165) is 50.2 Å². The average molecular weight is 544 g/mol. The molecule has 39 heavy (non-hydrogen) atoms. The van der Waals surface area contributed by atoms with Crippen LogP contribution in [-0.2, 0) is 27.1 Å². The number of benzene rings is 1. The zero-order chi connectivity index (χ0) is 27.4. The van der Waals surface area contributed by atoms with Crippen molar-refractivity contribution in [3.05, 3.63) is 58.5 Å². The van der Waals surface area contributed by atoms with Crippen LogP contribution in [-0.4, -0.2) is 65.6 Å². The summed E-state index contributed by atoms with van der Waals surface area (Å²) in [5.41, 5.74) is 1.97. The summed E-state index contributed by atoms with van der Waals surface area (Å²) in [6, 6.07) is 7.46.